The molecule has 10 nitrogen and oxygen atoms in total. The van der Waals surface area contributed by atoms with E-state index in [1.54, 1.807) is 6.92 Å². The number of hydrogen-bond acceptors (Lipinski definition) is 9. The molecular formula is C29H36N6O4S. The molecule has 40 heavy (non-hydrogen) atoms. The van der Waals surface area contributed by atoms with E-state index in [2.05, 4.69) is 51.1 Å². The van der Waals surface area contributed by atoms with E-state index in [-0.39, 0.29) is 23.5 Å². The van der Waals surface area contributed by atoms with Gasteiger partial charge in [0.1, 0.15) is 29.8 Å². The van der Waals surface area contributed by atoms with E-state index >= 15 is 0 Å². The van der Waals surface area contributed by atoms with Crippen molar-refractivity contribution in [3.05, 3.63) is 35.2 Å². The minimum absolute atomic E-state index is 0.0604. The van der Waals surface area contributed by atoms with Crippen LogP contribution in [0.5, 0.6) is 5.75 Å². The summed E-state index contributed by atoms with van der Waals surface area (Å²) in [4.78, 5) is 27.6. The van der Waals surface area contributed by atoms with Gasteiger partial charge >= 0.3 is 0 Å². The average molecular weight is 565 g/mol. The number of aryl methyl sites for hydroxylation is 1. The van der Waals surface area contributed by atoms with Crippen molar-refractivity contribution in [2.45, 2.75) is 51.7 Å². The maximum atomic E-state index is 12.1. The number of carbonyl (C=O) groups excluding carboxylic acids is 1. The normalized spacial score (nSPS) is 22.9. The van der Waals surface area contributed by atoms with Crippen molar-refractivity contribution in [3.8, 4) is 17.6 Å². The van der Waals surface area contributed by atoms with Crippen LogP contribution in [0.3, 0.4) is 0 Å². The number of rotatable bonds is 3. The summed E-state index contributed by atoms with van der Waals surface area (Å²) in [7, 11) is -3.00. The van der Waals surface area contributed by atoms with Crippen molar-refractivity contribution in [2.75, 3.05) is 61.0 Å². The molecule has 0 saturated carbocycles. The van der Waals surface area contributed by atoms with Crippen LogP contribution < -0.4 is 15.0 Å². The van der Waals surface area contributed by atoms with Gasteiger partial charge in [-0.2, -0.15) is 0 Å². The van der Waals surface area contributed by atoms with Crippen LogP contribution in [0.15, 0.2) is 18.5 Å². The Labute approximate surface area is 236 Å². The summed E-state index contributed by atoms with van der Waals surface area (Å²) in [5, 5.41) is 3.53. The van der Waals surface area contributed by atoms with Gasteiger partial charge in [0, 0.05) is 51.2 Å². The van der Waals surface area contributed by atoms with Crippen LogP contribution in [-0.2, 0) is 14.6 Å². The number of benzene rings is 1. The van der Waals surface area contributed by atoms with E-state index in [0.717, 1.165) is 67.4 Å². The van der Waals surface area contributed by atoms with Gasteiger partial charge in [0.05, 0.1) is 22.8 Å². The second-order valence-corrected chi connectivity index (χ2v) is 13.6. The summed E-state index contributed by atoms with van der Waals surface area (Å²) in [6, 6.07) is 4.93. The molecule has 212 valence electrons. The van der Waals surface area contributed by atoms with Gasteiger partial charge in [0.25, 0.3) is 5.91 Å². The second-order valence-electron chi connectivity index (χ2n) is 11.2. The average Bonchev–Trinajstić information content (AvgIpc) is 3.05. The zero-order valence-electron chi connectivity index (χ0n) is 23.3. The molecule has 1 aromatic heterocycles. The van der Waals surface area contributed by atoms with Crippen LogP contribution >= 0.6 is 0 Å². The maximum absolute atomic E-state index is 12.1. The lowest BCUT2D eigenvalue weighted by Gasteiger charge is -2.47. The molecule has 0 spiro atoms. The summed E-state index contributed by atoms with van der Waals surface area (Å²) >= 11 is 0. The number of nitrogens with zero attached hydrogens (tertiary/aromatic N) is 5. The van der Waals surface area contributed by atoms with Crippen molar-refractivity contribution in [1.82, 2.24) is 19.8 Å². The number of sulfone groups is 1. The second kappa shape index (κ2) is 10.6. The molecule has 1 atom stereocenters. The third-order valence-corrected chi connectivity index (χ3v) is 10.2. The third kappa shape index (κ3) is 5.10. The first-order chi connectivity index (χ1) is 19.2. The lowest BCUT2D eigenvalue weighted by molar-refractivity contribution is -0.126. The minimum atomic E-state index is -3.00. The number of anilines is 3. The number of carbonyl (C=O) groups is 1. The summed E-state index contributed by atoms with van der Waals surface area (Å²) in [6.45, 7) is 10.1. The van der Waals surface area contributed by atoms with Gasteiger partial charge in [0.2, 0.25) is 0 Å². The topological polar surface area (TPSA) is 108 Å². The number of fused-ring (bicyclic) bond motifs is 2. The van der Waals surface area contributed by atoms with Gasteiger partial charge in [0.15, 0.2) is 9.84 Å². The van der Waals surface area contributed by atoms with Gasteiger partial charge in [-0.25, -0.2) is 18.4 Å². The van der Waals surface area contributed by atoms with Crippen LogP contribution in [-0.4, -0.2) is 90.9 Å². The van der Waals surface area contributed by atoms with Crippen molar-refractivity contribution >= 4 is 33.1 Å². The number of hydrogen-bond donors (Lipinski definition) is 1. The van der Waals surface area contributed by atoms with E-state index < -0.39 is 9.84 Å². The van der Waals surface area contributed by atoms with Gasteiger partial charge in [-0.15, -0.1) is 0 Å². The third-order valence-electron chi connectivity index (χ3n) is 8.64. The van der Waals surface area contributed by atoms with Crippen molar-refractivity contribution in [3.63, 3.8) is 0 Å². The predicted octanol–water partition coefficient (Wildman–Crippen LogP) is 2.63. The fourth-order valence-corrected chi connectivity index (χ4v) is 7.53. The highest BCUT2D eigenvalue weighted by Gasteiger charge is 2.37. The first-order valence-corrected chi connectivity index (χ1v) is 15.9. The van der Waals surface area contributed by atoms with Gasteiger partial charge in [-0.05, 0) is 56.7 Å². The summed E-state index contributed by atoms with van der Waals surface area (Å²) in [5.74, 6) is 8.23. The SMILES string of the molecule is CC#CC(=O)N1CCC(N2CC(c3cc(C)c4c(c3)Nc3ncnc(N5CCS(=O)(=O)CC5)c3C(C)O4)C2)CC1. The lowest BCUT2D eigenvalue weighted by atomic mass is 9.87. The molecule has 0 radical (unpaired) electrons. The molecule has 4 aliphatic rings. The molecule has 6 rings (SSSR count). The fourth-order valence-electron chi connectivity index (χ4n) is 6.33. The zero-order valence-corrected chi connectivity index (χ0v) is 24.1. The van der Waals surface area contributed by atoms with Crippen LogP contribution in [0.25, 0.3) is 0 Å². The predicted molar refractivity (Wildman–Crippen MR) is 154 cm³/mol. The first-order valence-electron chi connectivity index (χ1n) is 14.1. The first kappa shape index (κ1) is 26.8. The van der Waals surface area contributed by atoms with E-state index in [1.807, 2.05) is 16.7 Å². The van der Waals surface area contributed by atoms with E-state index in [0.29, 0.717) is 30.9 Å². The molecule has 3 saturated heterocycles. The Morgan fingerprint density at radius 1 is 1.10 bits per heavy atom. The van der Waals surface area contributed by atoms with Crippen LogP contribution in [0.2, 0.25) is 0 Å². The molecule has 1 amide bonds. The van der Waals surface area contributed by atoms with Gasteiger partial charge < -0.3 is 19.9 Å². The Morgan fingerprint density at radius 3 is 2.52 bits per heavy atom. The standard InChI is InChI=1S/C29H36N6O4S/c1-4-5-25(36)33-8-6-23(7-9-33)35-16-22(17-35)21-14-19(2)27-24(15-21)32-28-26(20(3)39-27)29(31-18-30-28)34-10-12-40(37,38)13-11-34/h14-15,18,20,22-23H,6-13,16-17H2,1-3H3,(H,30,31,32). The maximum Gasteiger partial charge on any atom is 0.298 e. The van der Waals surface area contributed by atoms with E-state index in [1.165, 1.54) is 11.9 Å². The summed E-state index contributed by atoms with van der Waals surface area (Å²) in [6.07, 6.45) is 3.21. The number of nitrogens with one attached hydrogen (secondary N) is 1. The molecule has 0 bridgehead atoms. The lowest BCUT2D eigenvalue weighted by Crippen LogP contribution is -2.54. The molecule has 11 heteroatoms. The molecule has 2 aromatic rings. The molecule has 1 aromatic carbocycles. The molecule has 4 aliphatic heterocycles. The zero-order chi connectivity index (χ0) is 28.0. The summed E-state index contributed by atoms with van der Waals surface area (Å²) < 4.78 is 30.5. The molecular weight excluding hydrogens is 528 g/mol. The van der Waals surface area contributed by atoms with E-state index in [4.69, 9.17) is 4.74 Å². The van der Waals surface area contributed by atoms with Crippen LogP contribution in [0.1, 0.15) is 55.4 Å². The smallest absolute Gasteiger partial charge is 0.298 e. The highest BCUT2D eigenvalue weighted by molar-refractivity contribution is 7.91. The van der Waals surface area contributed by atoms with Crippen molar-refractivity contribution in [1.29, 1.82) is 0 Å². The Morgan fingerprint density at radius 2 is 1.82 bits per heavy atom. The largest absolute Gasteiger partial charge is 0.483 e. The van der Waals surface area contributed by atoms with Crippen molar-refractivity contribution < 1.29 is 17.9 Å². The molecule has 3 fully saturated rings. The molecule has 1 N–H and O–H groups in total. The minimum Gasteiger partial charge on any atom is -0.483 e. The summed E-state index contributed by atoms with van der Waals surface area (Å²) in [5.41, 5.74) is 4.10. The highest BCUT2D eigenvalue weighted by Crippen LogP contribution is 2.45. The number of ether oxygens (including phenoxy) is 1. The number of amides is 1. The van der Waals surface area contributed by atoms with Gasteiger partial charge in [-0.1, -0.05) is 12.0 Å². The molecule has 5 heterocycles. The fraction of sp³-hybridized carbons (Fsp3) is 0.552. The van der Waals surface area contributed by atoms with Crippen LogP contribution in [0, 0.1) is 18.8 Å². The number of piperidine rings is 1. The van der Waals surface area contributed by atoms with Crippen LogP contribution in [0.4, 0.5) is 17.3 Å². The molecule has 0 aliphatic carbocycles. The Bertz CT molecular complexity index is 1470. The van der Waals surface area contributed by atoms with E-state index in [9.17, 15) is 13.2 Å². The quantitative estimate of drug-likeness (QED) is 0.563. The monoisotopic (exact) mass is 564 g/mol. The Balaban J connectivity index is 1.16. The van der Waals surface area contributed by atoms with Crippen molar-refractivity contribution in [2.24, 2.45) is 0 Å². The number of likely N-dealkylation sites (tertiary alicyclic amines) is 2. The Kier molecular flexibility index (Phi) is 7.09. The Hall–Kier alpha value is -3.36. The number of aromatic nitrogens is 2. The molecule has 1 unspecified atom stereocenters. The van der Waals surface area contributed by atoms with Gasteiger partial charge in [-0.3, -0.25) is 9.69 Å². The highest BCUT2D eigenvalue weighted by atomic mass is 32.2.